The quantitative estimate of drug-likeness (QED) is 0.146. The highest BCUT2D eigenvalue weighted by molar-refractivity contribution is 5.36. The van der Waals surface area contributed by atoms with Gasteiger partial charge in [0.15, 0.2) is 14.0 Å². The van der Waals surface area contributed by atoms with E-state index in [-0.39, 0.29) is 13.2 Å². The highest BCUT2D eigenvalue weighted by Gasteiger charge is 2.50. The largest absolute Gasteiger partial charge is 0.465 e. The van der Waals surface area contributed by atoms with Crippen LogP contribution in [0, 0.1) is 0 Å². The Bertz CT molecular complexity index is 520. The van der Waals surface area contributed by atoms with Crippen LogP contribution in [0.5, 0.6) is 0 Å². The van der Waals surface area contributed by atoms with Crippen LogP contribution >= 0.6 is 0 Å². The molecule has 0 aliphatic carbocycles. The zero-order valence-corrected chi connectivity index (χ0v) is 14.7. The fraction of sp³-hybridized carbons (Fsp3) is 0.933. The van der Waals surface area contributed by atoms with Crippen LogP contribution < -0.4 is 0 Å². The third kappa shape index (κ3) is 5.14. The van der Waals surface area contributed by atoms with Gasteiger partial charge in [-0.1, -0.05) is 0 Å². The lowest BCUT2D eigenvalue weighted by Crippen LogP contribution is -2.64. The Balaban J connectivity index is 2.01. The van der Waals surface area contributed by atoms with Crippen LogP contribution in [0.4, 0.5) is 0 Å². The summed E-state index contributed by atoms with van der Waals surface area (Å²) in [5.74, 6) is 0. The summed E-state index contributed by atoms with van der Waals surface area (Å²) in [6.45, 7) is -1.97. The normalized spacial score (nSPS) is 44.8. The molecule has 2 saturated heterocycles. The molecule has 0 spiro atoms. The molecule has 13 heteroatoms. The van der Waals surface area contributed by atoms with Gasteiger partial charge in [0.25, 0.3) is 6.45 Å². The van der Waals surface area contributed by atoms with Crippen LogP contribution in [0.25, 0.3) is 0 Å². The maximum absolute atomic E-state index is 10.4. The number of carbonyl (C=O) groups is 1. The third-order valence-corrected chi connectivity index (χ3v) is 4.49. The molecule has 2 aliphatic heterocycles. The van der Waals surface area contributed by atoms with Crippen molar-refractivity contribution in [1.29, 1.82) is 0 Å². The molecular weight excluding hydrogens is 388 g/mol. The van der Waals surface area contributed by atoms with E-state index >= 15 is 0 Å². The predicted octanol–water partition coefficient (Wildman–Crippen LogP) is -5.20. The molecular formula is C15H26O13. The standard InChI is InChI=1S/C15H26O13/c16-3-6-8(19)9(20)11(22)15(26-6)28-13-7(4-17)27-14(12(23)10(13)21)25-2-1-24-5-18/h5-17,19-23H,1-4H2/t6-,7-,8-,9+,10-,11-,12-,13?,14-,15-/m1/s1/i5D. The van der Waals surface area contributed by atoms with Crippen LogP contribution in [0.1, 0.15) is 1.37 Å². The molecule has 0 bridgehead atoms. The molecule has 164 valence electrons. The van der Waals surface area contributed by atoms with Crippen molar-refractivity contribution in [2.75, 3.05) is 26.4 Å². The van der Waals surface area contributed by atoms with Gasteiger partial charge < -0.3 is 59.4 Å². The maximum atomic E-state index is 10.4. The molecule has 2 aliphatic rings. The second kappa shape index (κ2) is 10.7. The number of aliphatic hydroxyl groups excluding tert-OH is 7. The molecule has 2 fully saturated rings. The molecule has 0 radical (unpaired) electrons. The highest BCUT2D eigenvalue weighted by Crippen LogP contribution is 2.29. The van der Waals surface area contributed by atoms with E-state index in [4.69, 9.17) is 20.3 Å². The van der Waals surface area contributed by atoms with E-state index in [2.05, 4.69) is 4.74 Å². The lowest BCUT2D eigenvalue weighted by Gasteiger charge is -2.45. The molecule has 0 saturated carbocycles. The van der Waals surface area contributed by atoms with E-state index in [9.17, 15) is 40.5 Å². The van der Waals surface area contributed by atoms with Crippen molar-refractivity contribution < 1.29 is 65.6 Å². The fourth-order valence-corrected chi connectivity index (χ4v) is 2.94. The molecule has 0 aromatic heterocycles. The van der Waals surface area contributed by atoms with Gasteiger partial charge in [-0.2, -0.15) is 0 Å². The predicted molar refractivity (Wildman–Crippen MR) is 84.4 cm³/mol. The van der Waals surface area contributed by atoms with Gasteiger partial charge in [0.2, 0.25) is 0 Å². The first-order valence-corrected chi connectivity index (χ1v) is 8.54. The van der Waals surface area contributed by atoms with E-state index in [0.717, 1.165) is 0 Å². The van der Waals surface area contributed by atoms with Crippen LogP contribution in [0.15, 0.2) is 0 Å². The zero-order valence-electron chi connectivity index (χ0n) is 15.7. The fourth-order valence-electron chi connectivity index (χ4n) is 2.94. The molecule has 7 N–H and O–H groups in total. The van der Waals surface area contributed by atoms with Crippen molar-refractivity contribution in [2.45, 2.75) is 61.4 Å². The lowest BCUT2D eigenvalue weighted by molar-refractivity contribution is -0.359. The monoisotopic (exact) mass is 415 g/mol. The minimum Gasteiger partial charge on any atom is -0.465 e. The average molecular weight is 415 g/mol. The van der Waals surface area contributed by atoms with Gasteiger partial charge in [0.1, 0.15) is 55.4 Å². The first-order valence-electron chi connectivity index (χ1n) is 9.04. The average Bonchev–Trinajstić information content (AvgIpc) is 2.69. The molecule has 2 rings (SSSR count). The highest BCUT2D eigenvalue weighted by atomic mass is 16.7. The molecule has 2 heterocycles. The van der Waals surface area contributed by atoms with E-state index in [1.165, 1.54) is 0 Å². The lowest BCUT2D eigenvalue weighted by atomic mass is 9.97. The first kappa shape index (κ1) is 21.7. The minimum absolute atomic E-state index is 0.268. The number of aliphatic hydroxyl groups is 7. The maximum Gasteiger partial charge on any atom is 0.293 e. The summed E-state index contributed by atoms with van der Waals surface area (Å²) in [5.41, 5.74) is 0. The second-order valence-corrected chi connectivity index (χ2v) is 6.31. The summed E-state index contributed by atoms with van der Waals surface area (Å²) in [7, 11) is 0. The van der Waals surface area contributed by atoms with Crippen molar-refractivity contribution in [2.24, 2.45) is 0 Å². The summed E-state index contributed by atoms with van der Waals surface area (Å²) in [6, 6.07) is 0. The molecule has 1 unspecified atom stereocenters. The van der Waals surface area contributed by atoms with Crippen LogP contribution in [-0.4, -0.2) is 130 Å². The van der Waals surface area contributed by atoms with E-state index in [1.807, 2.05) is 0 Å². The zero-order chi connectivity index (χ0) is 21.7. The van der Waals surface area contributed by atoms with Crippen molar-refractivity contribution >= 4 is 6.45 Å². The summed E-state index contributed by atoms with van der Waals surface area (Å²) < 4.78 is 31.9. The molecule has 0 aromatic carbocycles. The molecule has 13 nitrogen and oxygen atoms in total. The summed E-state index contributed by atoms with van der Waals surface area (Å²) in [5, 5.41) is 68.9. The molecule has 10 atom stereocenters. The van der Waals surface area contributed by atoms with Crippen molar-refractivity contribution in [3.8, 4) is 0 Å². The van der Waals surface area contributed by atoms with Crippen molar-refractivity contribution in [3.05, 3.63) is 0 Å². The SMILES string of the molecule is [2H]C(=O)OCCO[C@@H]1O[C@H](CO)C(O[C@H]2O[C@H](CO)[C@@H](O)[C@H](O)[C@H]2O)[C@H](O)[C@H]1O. The Morgan fingerprint density at radius 3 is 2.04 bits per heavy atom. The smallest absolute Gasteiger partial charge is 0.293 e. The van der Waals surface area contributed by atoms with E-state index in [1.54, 1.807) is 0 Å². The van der Waals surface area contributed by atoms with Gasteiger partial charge in [-0.3, -0.25) is 4.79 Å². The Hall–Kier alpha value is -0.970. The van der Waals surface area contributed by atoms with Gasteiger partial charge in [-0.05, 0) is 0 Å². The van der Waals surface area contributed by atoms with Crippen LogP contribution in [0.2, 0.25) is 0 Å². The first-order chi connectivity index (χ1) is 13.7. The van der Waals surface area contributed by atoms with Crippen LogP contribution in [0.3, 0.4) is 0 Å². The Labute approximate surface area is 161 Å². The minimum atomic E-state index is -1.76. The summed E-state index contributed by atoms with van der Waals surface area (Å²) in [6.07, 6.45) is -16.8. The van der Waals surface area contributed by atoms with Crippen molar-refractivity contribution in [3.63, 3.8) is 0 Å². The Kier molecular flexibility index (Phi) is 8.31. The van der Waals surface area contributed by atoms with Gasteiger partial charge in [0, 0.05) is 0 Å². The number of rotatable bonds is 8. The second-order valence-electron chi connectivity index (χ2n) is 6.31. The number of carbonyl (C=O) groups excluding carboxylic acids is 1. The summed E-state index contributed by atoms with van der Waals surface area (Å²) in [4.78, 5) is 10.4. The summed E-state index contributed by atoms with van der Waals surface area (Å²) >= 11 is 0. The number of hydrogen-bond acceptors (Lipinski definition) is 13. The molecule has 0 aromatic rings. The molecule has 28 heavy (non-hydrogen) atoms. The van der Waals surface area contributed by atoms with Crippen molar-refractivity contribution in [1.82, 2.24) is 0 Å². The number of hydrogen-bond donors (Lipinski definition) is 7. The van der Waals surface area contributed by atoms with E-state index in [0.29, 0.717) is 0 Å². The Morgan fingerprint density at radius 2 is 1.43 bits per heavy atom. The van der Waals surface area contributed by atoms with Gasteiger partial charge in [-0.15, -0.1) is 0 Å². The Morgan fingerprint density at radius 1 is 0.821 bits per heavy atom. The van der Waals surface area contributed by atoms with Gasteiger partial charge in [0.05, 0.1) is 19.8 Å². The van der Waals surface area contributed by atoms with Crippen LogP contribution in [-0.2, 0) is 28.5 Å². The van der Waals surface area contributed by atoms with Gasteiger partial charge >= 0.3 is 0 Å². The van der Waals surface area contributed by atoms with Gasteiger partial charge in [-0.25, -0.2) is 0 Å². The molecule has 0 amide bonds. The van der Waals surface area contributed by atoms with E-state index < -0.39 is 81.1 Å². The number of ether oxygens (including phenoxy) is 5. The third-order valence-electron chi connectivity index (χ3n) is 4.49. The topological polar surface area (TPSA) is 205 Å².